The van der Waals surface area contributed by atoms with Crippen LogP contribution in [0, 0.1) is 0 Å². The molecule has 0 aromatic carbocycles. The summed E-state index contributed by atoms with van der Waals surface area (Å²) in [7, 11) is 0. The number of halogens is 3. The van der Waals surface area contributed by atoms with Crippen LogP contribution in [0.25, 0.3) is 6.08 Å². The highest BCUT2D eigenvalue weighted by Crippen LogP contribution is 2.34. The Kier molecular flexibility index (Phi) is 4.61. The van der Waals surface area contributed by atoms with Gasteiger partial charge in [0.2, 0.25) is 0 Å². The van der Waals surface area contributed by atoms with Gasteiger partial charge in [-0.05, 0) is 19.1 Å². The number of alkyl halides is 3. The molecule has 0 saturated carbocycles. The summed E-state index contributed by atoms with van der Waals surface area (Å²) in [6.45, 7) is 7.64. The second-order valence-electron chi connectivity index (χ2n) is 5.16. The first-order valence-electron chi connectivity index (χ1n) is 6.02. The molecule has 0 radical (unpaired) electrons. The van der Waals surface area contributed by atoms with Crippen molar-refractivity contribution in [2.45, 2.75) is 39.3 Å². The monoisotopic (exact) mass is 273 g/mol. The molecule has 1 heterocycles. The molecule has 5 heteroatoms. The predicted molar refractivity (Wildman–Crippen MR) is 68.6 cm³/mol. The number of hydrogen-bond donors (Lipinski definition) is 0. The molecule has 106 valence electrons. The average molecular weight is 273 g/mol. The van der Waals surface area contributed by atoms with E-state index in [-0.39, 0.29) is 5.56 Å². The quantitative estimate of drug-likeness (QED) is 0.761. The van der Waals surface area contributed by atoms with Crippen molar-refractivity contribution in [2.75, 3.05) is 6.61 Å². The van der Waals surface area contributed by atoms with Gasteiger partial charge in [0.15, 0.2) is 0 Å². The van der Waals surface area contributed by atoms with Crippen LogP contribution in [0.3, 0.4) is 0 Å². The van der Waals surface area contributed by atoms with Crippen molar-refractivity contribution in [3.8, 4) is 0 Å². The van der Waals surface area contributed by atoms with Crippen LogP contribution in [-0.4, -0.2) is 11.6 Å². The van der Waals surface area contributed by atoms with Crippen LogP contribution in [0.2, 0.25) is 0 Å². The van der Waals surface area contributed by atoms with Crippen LogP contribution in [0.4, 0.5) is 13.2 Å². The third kappa shape index (κ3) is 4.26. The molecule has 0 amide bonds. The van der Waals surface area contributed by atoms with Gasteiger partial charge >= 0.3 is 6.18 Å². The number of rotatable bonds is 3. The van der Waals surface area contributed by atoms with Gasteiger partial charge in [-0.25, -0.2) is 0 Å². The molecule has 0 aliphatic heterocycles. The van der Waals surface area contributed by atoms with E-state index in [2.05, 4.69) is 4.98 Å². The summed E-state index contributed by atoms with van der Waals surface area (Å²) >= 11 is 0. The summed E-state index contributed by atoms with van der Waals surface area (Å²) < 4.78 is 44.0. The van der Waals surface area contributed by atoms with Crippen LogP contribution in [-0.2, 0) is 16.3 Å². The van der Waals surface area contributed by atoms with Crippen molar-refractivity contribution >= 4 is 6.08 Å². The molecule has 0 spiro atoms. The number of hydrogen-bond acceptors (Lipinski definition) is 2. The minimum Gasteiger partial charge on any atom is -0.501 e. The molecule has 19 heavy (non-hydrogen) atoms. The maximum atomic E-state index is 13.0. The molecule has 2 nitrogen and oxygen atoms in total. The fourth-order valence-corrected chi connectivity index (χ4v) is 1.47. The van der Waals surface area contributed by atoms with Gasteiger partial charge in [0.05, 0.1) is 18.4 Å². The van der Waals surface area contributed by atoms with Gasteiger partial charge < -0.3 is 4.74 Å². The van der Waals surface area contributed by atoms with E-state index in [0.717, 1.165) is 6.07 Å². The Morgan fingerprint density at radius 1 is 1.26 bits per heavy atom. The number of ether oxygens (including phenoxy) is 1. The molecule has 0 N–H and O–H groups in total. The van der Waals surface area contributed by atoms with Crippen LogP contribution >= 0.6 is 0 Å². The van der Waals surface area contributed by atoms with Gasteiger partial charge in [0.1, 0.15) is 0 Å². The minimum absolute atomic E-state index is 0.00829. The van der Waals surface area contributed by atoms with E-state index in [4.69, 9.17) is 4.74 Å². The van der Waals surface area contributed by atoms with E-state index in [9.17, 15) is 13.2 Å². The lowest BCUT2D eigenvalue weighted by Gasteiger charge is -2.20. The SMILES string of the molecule is CCO/C=C\c1cnc(C(C)(C)C)cc1C(F)(F)F. The molecule has 0 aliphatic carbocycles. The van der Waals surface area contributed by atoms with Crippen molar-refractivity contribution in [3.05, 3.63) is 35.3 Å². The average Bonchev–Trinajstić information content (AvgIpc) is 2.27. The second kappa shape index (κ2) is 5.63. The fourth-order valence-electron chi connectivity index (χ4n) is 1.47. The molecule has 1 aromatic heterocycles. The lowest BCUT2D eigenvalue weighted by atomic mass is 9.90. The molecular formula is C14H18F3NO. The highest BCUT2D eigenvalue weighted by atomic mass is 19.4. The van der Waals surface area contributed by atoms with E-state index < -0.39 is 17.2 Å². The Labute approximate surface area is 111 Å². The summed E-state index contributed by atoms with van der Waals surface area (Å²) in [5, 5.41) is 0. The maximum absolute atomic E-state index is 13.0. The highest BCUT2D eigenvalue weighted by molar-refractivity contribution is 5.53. The molecule has 0 unspecified atom stereocenters. The van der Waals surface area contributed by atoms with E-state index in [0.29, 0.717) is 12.3 Å². The molecule has 0 fully saturated rings. The first-order chi connectivity index (χ1) is 8.66. The van der Waals surface area contributed by atoms with E-state index >= 15 is 0 Å². The van der Waals surface area contributed by atoms with E-state index in [1.165, 1.54) is 18.5 Å². The zero-order valence-electron chi connectivity index (χ0n) is 11.5. The molecule has 0 aliphatic rings. The fraction of sp³-hybridized carbons (Fsp3) is 0.500. The van der Waals surface area contributed by atoms with Crippen LogP contribution in [0.5, 0.6) is 0 Å². The Bertz CT molecular complexity index is 459. The molecule has 0 atom stereocenters. The molecule has 0 bridgehead atoms. The lowest BCUT2D eigenvalue weighted by molar-refractivity contribution is -0.137. The number of aromatic nitrogens is 1. The van der Waals surface area contributed by atoms with Gasteiger partial charge in [-0.15, -0.1) is 0 Å². The Hall–Kier alpha value is -1.52. The molecule has 1 rings (SSSR count). The third-order valence-corrected chi connectivity index (χ3v) is 2.52. The zero-order chi connectivity index (χ0) is 14.7. The summed E-state index contributed by atoms with van der Waals surface area (Å²) in [6.07, 6.45) is -0.636. The third-order valence-electron chi connectivity index (χ3n) is 2.52. The number of nitrogens with zero attached hydrogens (tertiary/aromatic N) is 1. The van der Waals surface area contributed by atoms with Gasteiger partial charge in [-0.1, -0.05) is 20.8 Å². The van der Waals surface area contributed by atoms with Crippen molar-refractivity contribution in [3.63, 3.8) is 0 Å². The normalized spacial score (nSPS) is 13.0. The first kappa shape index (κ1) is 15.5. The summed E-state index contributed by atoms with van der Waals surface area (Å²) in [5.41, 5.74) is -0.701. The van der Waals surface area contributed by atoms with Gasteiger partial charge in [0, 0.05) is 22.9 Å². The van der Waals surface area contributed by atoms with Crippen LogP contribution in [0.1, 0.15) is 44.5 Å². The highest BCUT2D eigenvalue weighted by Gasteiger charge is 2.34. The van der Waals surface area contributed by atoms with Gasteiger partial charge in [-0.3, -0.25) is 4.98 Å². The van der Waals surface area contributed by atoms with Gasteiger partial charge in [-0.2, -0.15) is 13.2 Å². The summed E-state index contributed by atoms with van der Waals surface area (Å²) in [6, 6.07) is 1.10. The molecular weight excluding hydrogens is 255 g/mol. The van der Waals surface area contributed by atoms with E-state index in [1.54, 1.807) is 6.92 Å². The van der Waals surface area contributed by atoms with Gasteiger partial charge in [0.25, 0.3) is 0 Å². The summed E-state index contributed by atoms with van der Waals surface area (Å²) in [4.78, 5) is 4.10. The van der Waals surface area contributed by atoms with Crippen molar-refractivity contribution in [2.24, 2.45) is 0 Å². The topological polar surface area (TPSA) is 22.1 Å². The largest absolute Gasteiger partial charge is 0.501 e. The molecule has 0 saturated heterocycles. The Morgan fingerprint density at radius 2 is 1.89 bits per heavy atom. The zero-order valence-corrected chi connectivity index (χ0v) is 11.5. The Balaban J connectivity index is 3.26. The molecule has 1 aromatic rings. The maximum Gasteiger partial charge on any atom is 0.417 e. The minimum atomic E-state index is -4.41. The second-order valence-corrected chi connectivity index (χ2v) is 5.16. The smallest absolute Gasteiger partial charge is 0.417 e. The van der Waals surface area contributed by atoms with Crippen molar-refractivity contribution in [1.29, 1.82) is 0 Å². The number of pyridine rings is 1. The lowest BCUT2D eigenvalue weighted by Crippen LogP contribution is -2.17. The first-order valence-corrected chi connectivity index (χ1v) is 6.02. The predicted octanol–water partition coefficient (Wildman–Crippen LogP) is 4.41. The summed E-state index contributed by atoms with van der Waals surface area (Å²) in [5.74, 6) is 0. The van der Waals surface area contributed by atoms with Crippen LogP contribution < -0.4 is 0 Å². The van der Waals surface area contributed by atoms with E-state index in [1.807, 2.05) is 20.8 Å². The Morgan fingerprint density at radius 3 is 2.37 bits per heavy atom. The van der Waals surface area contributed by atoms with Crippen molar-refractivity contribution < 1.29 is 17.9 Å². The standard InChI is InChI=1S/C14H18F3NO/c1-5-19-7-6-10-9-18-12(13(2,3)4)8-11(10)14(15,16)17/h6-9H,5H2,1-4H3/b7-6-. The van der Waals surface area contributed by atoms with Crippen molar-refractivity contribution in [1.82, 2.24) is 4.98 Å². The van der Waals surface area contributed by atoms with Crippen LogP contribution in [0.15, 0.2) is 18.5 Å².